The SMILES string of the molecule is Cc1ccc(CN2CCC(C)CC2CN)o1. The number of likely N-dealkylation sites (tertiary alicyclic amines) is 1. The highest BCUT2D eigenvalue weighted by Gasteiger charge is 2.25. The van der Waals surface area contributed by atoms with Crippen LogP contribution in [0.2, 0.25) is 0 Å². The molecule has 2 atom stereocenters. The van der Waals surface area contributed by atoms with E-state index in [1.165, 1.54) is 12.8 Å². The van der Waals surface area contributed by atoms with Crippen molar-refractivity contribution in [2.24, 2.45) is 11.7 Å². The number of rotatable bonds is 3. The van der Waals surface area contributed by atoms with Gasteiger partial charge in [-0.05, 0) is 44.4 Å². The van der Waals surface area contributed by atoms with Crippen LogP contribution >= 0.6 is 0 Å². The van der Waals surface area contributed by atoms with Crippen LogP contribution in [0.3, 0.4) is 0 Å². The molecule has 2 N–H and O–H groups in total. The largest absolute Gasteiger partial charge is 0.465 e. The molecule has 0 radical (unpaired) electrons. The molecular weight excluding hydrogens is 200 g/mol. The van der Waals surface area contributed by atoms with E-state index in [2.05, 4.69) is 17.9 Å². The molecule has 0 spiro atoms. The number of nitrogens with two attached hydrogens (primary N) is 1. The standard InChI is InChI=1S/C13H22N2O/c1-10-5-6-15(12(7-10)8-14)9-13-4-3-11(2)16-13/h3-4,10,12H,5-9,14H2,1-2H3. The third-order valence-corrected chi connectivity index (χ3v) is 3.53. The van der Waals surface area contributed by atoms with E-state index >= 15 is 0 Å². The van der Waals surface area contributed by atoms with Crippen LogP contribution in [-0.2, 0) is 6.54 Å². The summed E-state index contributed by atoms with van der Waals surface area (Å²) in [6.07, 6.45) is 2.49. The molecule has 1 aliphatic rings. The van der Waals surface area contributed by atoms with Crippen molar-refractivity contribution in [2.75, 3.05) is 13.1 Å². The molecule has 1 aliphatic heterocycles. The third kappa shape index (κ3) is 2.66. The maximum absolute atomic E-state index is 5.84. The Morgan fingerprint density at radius 3 is 2.94 bits per heavy atom. The van der Waals surface area contributed by atoms with Crippen molar-refractivity contribution >= 4 is 0 Å². The lowest BCUT2D eigenvalue weighted by Gasteiger charge is -2.37. The average Bonchev–Trinajstić information content (AvgIpc) is 2.67. The molecule has 0 bridgehead atoms. The summed E-state index contributed by atoms with van der Waals surface area (Å²) in [4.78, 5) is 2.46. The summed E-state index contributed by atoms with van der Waals surface area (Å²) >= 11 is 0. The molecule has 2 unspecified atom stereocenters. The molecule has 0 amide bonds. The zero-order chi connectivity index (χ0) is 11.5. The number of aryl methyl sites for hydroxylation is 1. The maximum Gasteiger partial charge on any atom is 0.118 e. The van der Waals surface area contributed by atoms with Gasteiger partial charge in [0.15, 0.2) is 0 Å². The van der Waals surface area contributed by atoms with E-state index in [-0.39, 0.29) is 0 Å². The van der Waals surface area contributed by atoms with Crippen molar-refractivity contribution in [3.05, 3.63) is 23.7 Å². The summed E-state index contributed by atoms with van der Waals surface area (Å²) in [5.41, 5.74) is 5.84. The summed E-state index contributed by atoms with van der Waals surface area (Å²) < 4.78 is 5.62. The fraction of sp³-hybridized carbons (Fsp3) is 0.692. The quantitative estimate of drug-likeness (QED) is 0.852. The van der Waals surface area contributed by atoms with Gasteiger partial charge in [-0.15, -0.1) is 0 Å². The molecule has 1 saturated heterocycles. The highest BCUT2D eigenvalue weighted by molar-refractivity contribution is 5.05. The maximum atomic E-state index is 5.84. The van der Waals surface area contributed by atoms with E-state index in [9.17, 15) is 0 Å². The number of hydrogen-bond acceptors (Lipinski definition) is 3. The summed E-state index contributed by atoms with van der Waals surface area (Å²) in [5, 5.41) is 0. The monoisotopic (exact) mass is 222 g/mol. The van der Waals surface area contributed by atoms with Crippen molar-refractivity contribution in [1.82, 2.24) is 4.90 Å². The van der Waals surface area contributed by atoms with Gasteiger partial charge in [0, 0.05) is 12.6 Å². The molecule has 1 fully saturated rings. The summed E-state index contributed by atoms with van der Waals surface area (Å²) in [6.45, 7) is 7.11. The predicted octanol–water partition coefficient (Wildman–Crippen LogP) is 2.15. The van der Waals surface area contributed by atoms with Gasteiger partial charge in [-0.2, -0.15) is 0 Å². The number of hydrogen-bond donors (Lipinski definition) is 1. The van der Waals surface area contributed by atoms with E-state index < -0.39 is 0 Å². The van der Waals surface area contributed by atoms with Crippen molar-refractivity contribution in [3.8, 4) is 0 Å². The van der Waals surface area contributed by atoms with Crippen LogP contribution < -0.4 is 5.73 Å². The van der Waals surface area contributed by atoms with Gasteiger partial charge in [0.05, 0.1) is 6.54 Å². The van der Waals surface area contributed by atoms with Crippen LogP contribution in [0, 0.1) is 12.8 Å². The van der Waals surface area contributed by atoms with Crippen molar-refractivity contribution < 1.29 is 4.42 Å². The zero-order valence-electron chi connectivity index (χ0n) is 10.3. The first-order valence-electron chi connectivity index (χ1n) is 6.18. The first-order valence-corrected chi connectivity index (χ1v) is 6.18. The lowest BCUT2D eigenvalue weighted by atomic mass is 9.92. The van der Waals surface area contributed by atoms with Crippen LogP contribution in [0.15, 0.2) is 16.5 Å². The van der Waals surface area contributed by atoms with Gasteiger partial charge in [0.2, 0.25) is 0 Å². The highest BCUT2D eigenvalue weighted by Crippen LogP contribution is 2.23. The van der Waals surface area contributed by atoms with E-state index in [4.69, 9.17) is 10.2 Å². The van der Waals surface area contributed by atoms with Crippen LogP contribution in [0.4, 0.5) is 0 Å². The van der Waals surface area contributed by atoms with Crippen molar-refractivity contribution in [2.45, 2.75) is 39.3 Å². The van der Waals surface area contributed by atoms with Crippen molar-refractivity contribution in [3.63, 3.8) is 0 Å². The van der Waals surface area contributed by atoms with E-state index in [1.54, 1.807) is 0 Å². The van der Waals surface area contributed by atoms with E-state index in [1.807, 2.05) is 13.0 Å². The van der Waals surface area contributed by atoms with Crippen LogP contribution in [0.25, 0.3) is 0 Å². The van der Waals surface area contributed by atoms with Gasteiger partial charge in [-0.3, -0.25) is 4.90 Å². The number of piperidine rings is 1. The van der Waals surface area contributed by atoms with Crippen LogP contribution in [-0.4, -0.2) is 24.0 Å². The second kappa shape index (κ2) is 5.02. The first kappa shape index (κ1) is 11.7. The van der Waals surface area contributed by atoms with Crippen LogP contribution in [0.5, 0.6) is 0 Å². The minimum Gasteiger partial charge on any atom is -0.465 e. The minimum atomic E-state index is 0.522. The molecule has 2 rings (SSSR count). The Hall–Kier alpha value is -0.800. The molecule has 0 saturated carbocycles. The second-order valence-corrected chi connectivity index (χ2v) is 5.00. The van der Waals surface area contributed by atoms with E-state index in [0.29, 0.717) is 6.04 Å². The number of furan rings is 1. The smallest absolute Gasteiger partial charge is 0.118 e. The summed E-state index contributed by atoms with van der Waals surface area (Å²) in [6, 6.07) is 4.62. The highest BCUT2D eigenvalue weighted by atomic mass is 16.3. The van der Waals surface area contributed by atoms with Gasteiger partial charge in [-0.1, -0.05) is 6.92 Å². The molecule has 0 aliphatic carbocycles. The lowest BCUT2D eigenvalue weighted by Crippen LogP contribution is -2.45. The number of nitrogens with zero attached hydrogens (tertiary/aromatic N) is 1. The van der Waals surface area contributed by atoms with Gasteiger partial charge < -0.3 is 10.2 Å². The summed E-state index contributed by atoms with van der Waals surface area (Å²) in [7, 11) is 0. The Labute approximate surface area is 97.6 Å². The van der Waals surface area contributed by atoms with Gasteiger partial charge in [0.25, 0.3) is 0 Å². The van der Waals surface area contributed by atoms with Crippen LogP contribution in [0.1, 0.15) is 31.3 Å². The molecule has 2 heterocycles. The molecule has 16 heavy (non-hydrogen) atoms. The first-order chi connectivity index (χ1) is 7.69. The van der Waals surface area contributed by atoms with Gasteiger partial charge in [-0.25, -0.2) is 0 Å². The predicted molar refractivity (Wildman–Crippen MR) is 65.1 cm³/mol. The van der Waals surface area contributed by atoms with Crippen molar-refractivity contribution in [1.29, 1.82) is 0 Å². The van der Waals surface area contributed by atoms with E-state index in [0.717, 1.165) is 37.1 Å². The molecule has 3 heteroatoms. The Morgan fingerprint density at radius 1 is 1.50 bits per heavy atom. The topological polar surface area (TPSA) is 42.4 Å². The Bertz CT molecular complexity index is 334. The third-order valence-electron chi connectivity index (χ3n) is 3.53. The summed E-state index contributed by atoms with van der Waals surface area (Å²) in [5.74, 6) is 2.86. The average molecular weight is 222 g/mol. The molecule has 90 valence electrons. The normalized spacial score (nSPS) is 27.2. The van der Waals surface area contributed by atoms with Gasteiger partial charge in [0.1, 0.15) is 11.5 Å². The molecule has 0 aromatic carbocycles. The molecule has 1 aromatic heterocycles. The molecule has 1 aromatic rings. The van der Waals surface area contributed by atoms with Gasteiger partial charge >= 0.3 is 0 Å². The molecular formula is C13H22N2O. The fourth-order valence-corrected chi connectivity index (χ4v) is 2.52. The lowest BCUT2D eigenvalue weighted by molar-refractivity contribution is 0.107. The molecule has 3 nitrogen and oxygen atoms in total. The zero-order valence-corrected chi connectivity index (χ0v) is 10.3. The Kier molecular flexibility index (Phi) is 3.66. The fourth-order valence-electron chi connectivity index (χ4n) is 2.52. The Morgan fingerprint density at radius 2 is 2.31 bits per heavy atom. The second-order valence-electron chi connectivity index (χ2n) is 5.00. The minimum absolute atomic E-state index is 0.522. The Balaban J connectivity index is 1.97.